The number of carbonyl (C=O) groups is 1. The van der Waals surface area contributed by atoms with Crippen molar-refractivity contribution in [3.8, 4) is 0 Å². The van der Waals surface area contributed by atoms with Crippen LogP contribution in [0.2, 0.25) is 0 Å². The van der Waals surface area contributed by atoms with Crippen LogP contribution in [0.5, 0.6) is 0 Å². The molecule has 0 bridgehead atoms. The molecule has 0 aliphatic rings. The molecule has 0 fully saturated rings. The molecule has 20 heavy (non-hydrogen) atoms. The minimum atomic E-state index is -0.440. The number of nitrogens with one attached hydrogen (secondary N) is 2. The maximum absolute atomic E-state index is 12.2. The monoisotopic (exact) mass is 276 g/mol. The average molecular weight is 276 g/mol. The molecule has 1 heterocycles. The van der Waals surface area contributed by atoms with Gasteiger partial charge in [0, 0.05) is 23.6 Å². The Morgan fingerprint density at radius 1 is 1.30 bits per heavy atom. The van der Waals surface area contributed by atoms with E-state index in [9.17, 15) is 9.59 Å². The van der Waals surface area contributed by atoms with Gasteiger partial charge in [-0.25, -0.2) is 0 Å². The predicted molar refractivity (Wildman–Crippen MR) is 74.8 cm³/mol. The Labute approximate surface area is 115 Å². The highest BCUT2D eigenvalue weighted by molar-refractivity contribution is 5.97. The summed E-state index contributed by atoms with van der Waals surface area (Å²) < 4.78 is 5.02. The van der Waals surface area contributed by atoms with Crippen molar-refractivity contribution in [2.75, 3.05) is 26.4 Å². The first-order valence-electron chi connectivity index (χ1n) is 6.31. The smallest absolute Gasteiger partial charge is 0.256 e. The minimum Gasteiger partial charge on any atom is -0.394 e. The van der Waals surface area contributed by atoms with Crippen molar-refractivity contribution in [2.45, 2.75) is 0 Å². The summed E-state index contributed by atoms with van der Waals surface area (Å²) in [5.41, 5.74) is 0.472. The molecule has 3 N–H and O–H groups in total. The first-order valence-corrected chi connectivity index (χ1v) is 6.31. The van der Waals surface area contributed by atoms with Gasteiger partial charge in [0.05, 0.1) is 19.8 Å². The molecule has 0 spiro atoms. The average Bonchev–Trinajstić information content (AvgIpc) is 2.47. The number of aromatic nitrogens is 1. The van der Waals surface area contributed by atoms with Crippen LogP contribution in [0.1, 0.15) is 10.4 Å². The van der Waals surface area contributed by atoms with Crippen molar-refractivity contribution in [1.82, 2.24) is 10.3 Å². The number of amides is 1. The Kier molecular flexibility index (Phi) is 4.86. The maximum Gasteiger partial charge on any atom is 0.256 e. The number of aromatic amines is 1. The molecule has 0 saturated heterocycles. The number of carbonyl (C=O) groups excluding carboxylic acids is 1. The summed E-state index contributed by atoms with van der Waals surface area (Å²) >= 11 is 0. The van der Waals surface area contributed by atoms with Gasteiger partial charge < -0.3 is 20.1 Å². The molecule has 1 amide bonds. The molecular weight excluding hydrogens is 260 g/mol. The quantitative estimate of drug-likeness (QED) is 0.660. The Hall–Kier alpha value is -2.18. The molecule has 0 atom stereocenters. The molecule has 2 rings (SSSR count). The van der Waals surface area contributed by atoms with E-state index in [-0.39, 0.29) is 37.4 Å². The molecule has 2 aromatic rings. The number of hydrogen-bond acceptors (Lipinski definition) is 4. The maximum atomic E-state index is 12.2. The Morgan fingerprint density at radius 3 is 2.90 bits per heavy atom. The molecule has 0 radical (unpaired) electrons. The molecule has 6 nitrogen and oxygen atoms in total. The standard InChI is InChI=1S/C14H16N2O4/c17-6-8-20-7-5-15-14(19)11-9-16-12-4-2-1-3-10(12)13(11)18/h1-4,9,17H,5-8H2,(H,15,19)(H,16,18). The summed E-state index contributed by atoms with van der Waals surface area (Å²) in [4.78, 5) is 27.0. The normalized spacial score (nSPS) is 10.7. The van der Waals surface area contributed by atoms with Crippen molar-refractivity contribution >= 4 is 16.8 Å². The summed E-state index contributed by atoms with van der Waals surface area (Å²) in [5, 5.41) is 11.6. The van der Waals surface area contributed by atoms with E-state index >= 15 is 0 Å². The van der Waals surface area contributed by atoms with Gasteiger partial charge in [-0.15, -0.1) is 0 Å². The number of fused-ring (bicyclic) bond motifs is 1. The first-order chi connectivity index (χ1) is 9.74. The van der Waals surface area contributed by atoms with Crippen LogP contribution in [-0.2, 0) is 4.74 Å². The van der Waals surface area contributed by atoms with Crippen molar-refractivity contribution < 1.29 is 14.6 Å². The largest absolute Gasteiger partial charge is 0.394 e. The number of aliphatic hydroxyl groups excluding tert-OH is 1. The zero-order valence-electron chi connectivity index (χ0n) is 10.9. The number of benzene rings is 1. The van der Waals surface area contributed by atoms with Gasteiger partial charge in [-0.05, 0) is 12.1 Å². The van der Waals surface area contributed by atoms with Crippen molar-refractivity contribution in [1.29, 1.82) is 0 Å². The molecule has 0 unspecified atom stereocenters. The Bertz CT molecular complexity index is 651. The molecular formula is C14H16N2O4. The van der Waals surface area contributed by atoms with E-state index in [0.29, 0.717) is 10.9 Å². The van der Waals surface area contributed by atoms with Crippen LogP contribution in [0.3, 0.4) is 0 Å². The van der Waals surface area contributed by atoms with Crippen molar-refractivity contribution in [3.05, 3.63) is 46.2 Å². The van der Waals surface area contributed by atoms with Gasteiger partial charge in [-0.1, -0.05) is 12.1 Å². The van der Waals surface area contributed by atoms with E-state index in [1.807, 2.05) is 6.07 Å². The van der Waals surface area contributed by atoms with Gasteiger partial charge >= 0.3 is 0 Å². The number of aliphatic hydroxyl groups is 1. The summed E-state index contributed by atoms with van der Waals surface area (Å²) in [6.45, 7) is 0.744. The molecule has 6 heteroatoms. The van der Waals surface area contributed by atoms with E-state index < -0.39 is 5.91 Å². The molecule has 0 saturated carbocycles. The Morgan fingerprint density at radius 2 is 2.10 bits per heavy atom. The SMILES string of the molecule is O=C(NCCOCCO)c1c[nH]c2ccccc2c1=O. The van der Waals surface area contributed by atoms with Crippen LogP contribution in [0.15, 0.2) is 35.3 Å². The van der Waals surface area contributed by atoms with E-state index in [1.165, 1.54) is 6.20 Å². The molecule has 1 aromatic heterocycles. The molecule has 0 aliphatic heterocycles. The summed E-state index contributed by atoms with van der Waals surface area (Å²) in [6, 6.07) is 7.02. The summed E-state index contributed by atoms with van der Waals surface area (Å²) in [6.07, 6.45) is 1.41. The van der Waals surface area contributed by atoms with Gasteiger partial charge in [-0.3, -0.25) is 9.59 Å². The highest BCUT2D eigenvalue weighted by Gasteiger charge is 2.11. The zero-order valence-corrected chi connectivity index (χ0v) is 10.9. The van der Waals surface area contributed by atoms with E-state index in [1.54, 1.807) is 18.2 Å². The van der Waals surface area contributed by atoms with Gasteiger partial charge in [0.1, 0.15) is 5.56 Å². The lowest BCUT2D eigenvalue weighted by Gasteiger charge is -2.06. The lowest BCUT2D eigenvalue weighted by molar-refractivity contribution is 0.0837. The van der Waals surface area contributed by atoms with E-state index in [0.717, 1.165) is 0 Å². The fourth-order valence-corrected chi connectivity index (χ4v) is 1.83. The zero-order chi connectivity index (χ0) is 14.4. The van der Waals surface area contributed by atoms with Crippen molar-refractivity contribution in [3.63, 3.8) is 0 Å². The second kappa shape index (κ2) is 6.83. The van der Waals surface area contributed by atoms with Crippen molar-refractivity contribution in [2.24, 2.45) is 0 Å². The highest BCUT2D eigenvalue weighted by atomic mass is 16.5. The topological polar surface area (TPSA) is 91.4 Å². The number of para-hydroxylation sites is 1. The lowest BCUT2D eigenvalue weighted by atomic mass is 10.1. The minimum absolute atomic E-state index is 0.0573. The van der Waals surface area contributed by atoms with E-state index in [4.69, 9.17) is 9.84 Å². The van der Waals surface area contributed by atoms with Crippen LogP contribution in [0.25, 0.3) is 10.9 Å². The Balaban J connectivity index is 2.07. The molecule has 1 aromatic carbocycles. The predicted octanol–water partition coefficient (Wildman–Crippen LogP) is 0.267. The fourth-order valence-electron chi connectivity index (χ4n) is 1.83. The second-order valence-corrected chi connectivity index (χ2v) is 4.17. The highest BCUT2D eigenvalue weighted by Crippen LogP contribution is 2.06. The third-order valence-electron chi connectivity index (χ3n) is 2.80. The first kappa shape index (κ1) is 14.2. The number of ether oxygens (including phenoxy) is 1. The van der Waals surface area contributed by atoms with Gasteiger partial charge in [0.15, 0.2) is 0 Å². The third kappa shape index (κ3) is 3.23. The number of rotatable bonds is 6. The summed E-state index contributed by atoms with van der Waals surface area (Å²) in [5.74, 6) is -0.440. The molecule has 0 aliphatic carbocycles. The van der Waals surface area contributed by atoms with Crippen LogP contribution >= 0.6 is 0 Å². The third-order valence-corrected chi connectivity index (χ3v) is 2.80. The number of pyridine rings is 1. The van der Waals surface area contributed by atoms with Gasteiger partial charge in [0.2, 0.25) is 5.43 Å². The van der Waals surface area contributed by atoms with Crippen LogP contribution < -0.4 is 10.7 Å². The molecule has 106 valence electrons. The lowest BCUT2D eigenvalue weighted by Crippen LogP contribution is -2.31. The second-order valence-electron chi connectivity index (χ2n) is 4.17. The number of H-pyrrole nitrogens is 1. The van der Waals surface area contributed by atoms with Gasteiger partial charge in [-0.2, -0.15) is 0 Å². The number of hydrogen-bond donors (Lipinski definition) is 3. The summed E-state index contributed by atoms with van der Waals surface area (Å²) in [7, 11) is 0. The van der Waals surface area contributed by atoms with Gasteiger partial charge in [0.25, 0.3) is 5.91 Å². The van der Waals surface area contributed by atoms with Crippen LogP contribution in [0.4, 0.5) is 0 Å². The van der Waals surface area contributed by atoms with Crippen LogP contribution in [-0.4, -0.2) is 42.4 Å². The fraction of sp³-hybridized carbons (Fsp3) is 0.286. The van der Waals surface area contributed by atoms with Crippen LogP contribution in [0, 0.1) is 0 Å². The van der Waals surface area contributed by atoms with E-state index in [2.05, 4.69) is 10.3 Å².